The van der Waals surface area contributed by atoms with Gasteiger partial charge in [0, 0.05) is 36.9 Å². The third-order valence-electron chi connectivity index (χ3n) is 7.31. The average Bonchev–Trinajstić information content (AvgIpc) is 3.41. The van der Waals surface area contributed by atoms with Gasteiger partial charge in [-0.25, -0.2) is 9.79 Å². The molecule has 41 heavy (non-hydrogen) atoms. The Hall–Kier alpha value is -4.37. The van der Waals surface area contributed by atoms with Crippen molar-refractivity contribution in [1.29, 1.82) is 0 Å². The molecule has 8 nitrogen and oxygen atoms in total. The number of aryl methyl sites for hydroxylation is 1. The molecule has 0 saturated carbocycles. The van der Waals surface area contributed by atoms with Crippen molar-refractivity contribution in [3.63, 3.8) is 0 Å². The molecular weight excluding hydrogens is 536 g/mol. The number of carbonyl (C=O) groups excluding carboxylic acids is 1. The second kappa shape index (κ2) is 11.2. The van der Waals surface area contributed by atoms with Gasteiger partial charge in [0.25, 0.3) is 5.56 Å². The molecule has 2 aromatic heterocycles. The lowest BCUT2D eigenvalue weighted by molar-refractivity contribution is -0.139. The lowest BCUT2D eigenvalue weighted by atomic mass is 9.95. The highest BCUT2D eigenvalue weighted by Crippen LogP contribution is 2.32. The zero-order chi connectivity index (χ0) is 29.4. The summed E-state index contributed by atoms with van der Waals surface area (Å²) < 4.78 is 15.2. The van der Waals surface area contributed by atoms with Gasteiger partial charge < -0.3 is 18.9 Å². The molecule has 5 rings (SSSR count). The van der Waals surface area contributed by atoms with Crippen LogP contribution in [-0.4, -0.2) is 42.9 Å². The summed E-state index contributed by atoms with van der Waals surface area (Å²) in [4.78, 5) is 34.5. The number of rotatable bonds is 7. The zero-order valence-electron chi connectivity index (χ0n) is 24.4. The summed E-state index contributed by atoms with van der Waals surface area (Å²) in [7, 11) is 5.63. The van der Waals surface area contributed by atoms with Gasteiger partial charge in [-0.3, -0.25) is 9.36 Å². The highest BCUT2D eigenvalue weighted by Gasteiger charge is 2.33. The van der Waals surface area contributed by atoms with Gasteiger partial charge >= 0.3 is 5.97 Å². The Morgan fingerprint density at radius 2 is 1.83 bits per heavy atom. The van der Waals surface area contributed by atoms with Crippen LogP contribution in [0.4, 0.5) is 5.69 Å². The number of anilines is 1. The van der Waals surface area contributed by atoms with E-state index in [1.807, 2.05) is 44.4 Å². The first-order valence-corrected chi connectivity index (χ1v) is 14.3. The quantitative estimate of drug-likeness (QED) is 0.310. The SMILES string of the molecule is CCOC(=O)C1=C(C)N=c2s/c(=C/c3cc(C)n(-c4ccc(N(C)C)cc4)c3C)c(=O)n2[C@H]1c1cccc(OC)c1. The van der Waals surface area contributed by atoms with Gasteiger partial charge in [0.2, 0.25) is 0 Å². The molecule has 1 aliphatic heterocycles. The fourth-order valence-corrected chi connectivity index (χ4v) is 6.33. The normalized spacial score (nSPS) is 15.0. The van der Waals surface area contributed by atoms with Crippen molar-refractivity contribution in [3.8, 4) is 11.4 Å². The molecule has 1 atom stereocenters. The highest BCUT2D eigenvalue weighted by molar-refractivity contribution is 7.07. The lowest BCUT2D eigenvalue weighted by Gasteiger charge is -2.25. The second-order valence-corrected chi connectivity index (χ2v) is 11.2. The van der Waals surface area contributed by atoms with Crippen molar-refractivity contribution >= 4 is 29.1 Å². The summed E-state index contributed by atoms with van der Waals surface area (Å²) in [5.41, 5.74) is 6.63. The van der Waals surface area contributed by atoms with E-state index in [9.17, 15) is 9.59 Å². The minimum Gasteiger partial charge on any atom is -0.497 e. The van der Waals surface area contributed by atoms with Gasteiger partial charge in [-0.1, -0.05) is 23.5 Å². The van der Waals surface area contributed by atoms with Crippen LogP contribution in [0.15, 0.2) is 75.7 Å². The van der Waals surface area contributed by atoms with E-state index in [0.717, 1.165) is 33.9 Å². The second-order valence-electron chi connectivity index (χ2n) is 10.2. The molecule has 1 aliphatic rings. The third-order valence-corrected chi connectivity index (χ3v) is 8.29. The Labute approximate surface area is 243 Å². The van der Waals surface area contributed by atoms with Crippen molar-refractivity contribution in [2.75, 3.05) is 32.7 Å². The van der Waals surface area contributed by atoms with E-state index in [0.29, 0.717) is 26.4 Å². The lowest BCUT2D eigenvalue weighted by Crippen LogP contribution is -2.39. The number of hydrogen-bond acceptors (Lipinski definition) is 7. The van der Waals surface area contributed by atoms with Crippen LogP contribution in [0.25, 0.3) is 11.8 Å². The molecular formula is C32H34N4O4S. The molecule has 0 aliphatic carbocycles. The van der Waals surface area contributed by atoms with Gasteiger partial charge in [0.1, 0.15) is 5.75 Å². The molecule has 0 saturated heterocycles. The van der Waals surface area contributed by atoms with E-state index >= 15 is 0 Å². The van der Waals surface area contributed by atoms with Gasteiger partial charge in [0.15, 0.2) is 4.80 Å². The largest absolute Gasteiger partial charge is 0.497 e. The fraction of sp³-hybridized carbons (Fsp3) is 0.281. The number of aromatic nitrogens is 2. The molecule has 0 unspecified atom stereocenters. The van der Waals surface area contributed by atoms with Crippen LogP contribution >= 0.6 is 11.3 Å². The first-order chi connectivity index (χ1) is 19.6. The van der Waals surface area contributed by atoms with Crippen LogP contribution in [0.3, 0.4) is 0 Å². The van der Waals surface area contributed by atoms with Crippen LogP contribution in [0.2, 0.25) is 0 Å². The number of allylic oxidation sites excluding steroid dienone is 1. The van der Waals surface area contributed by atoms with E-state index in [1.165, 1.54) is 11.3 Å². The smallest absolute Gasteiger partial charge is 0.338 e. The Morgan fingerprint density at radius 1 is 1.10 bits per heavy atom. The third kappa shape index (κ3) is 5.13. The van der Waals surface area contributed by atoms with E-state index in [2.05, 4.69) is 58.6 Å². The molecule has 0 spiro atoms. The number of benzene rings is 2. The Balaban J connectivity index is 1.66. The van der Waals surface area contributed by atoms with Gasteiger partial charge in [-0.2, -0.15) is 0 Å². The number of methoxy groups -OCH3 is 1. The van der Waals surface area contributed by atoms with Crippen LogP contribution in [0.1, 0.15) is 42.4 Å². The Kier molecular flexibility index (Phi) is 7.73. The van der Waals surface area contributed by atoms with Crippen LogP contribution in [0, 0.1) is 13.8 Å². The summed E-state index contributed by atoms with van der Waals surface area (Å²) in [5, 5.41) is 0. The maximum atomic E-state index is 14.0. The van der Waals surface area contributed by atoms with Crippen molar-refractivity contribution in [3.05, 3.63) is 108 Å². The monoisotopic (exact) mass is 570 g/mol. The predicted octanol–water partition coefficient (Wildman–Crippen LogP) is 4.28. The summed E-state index contributed by atoms with van der Waals surface area (Å²) in [6, 6.07) is 17.2. The van der Waals surface area contributed by atoms with Crippen molar-refractivity contribution in [1.82, 2.24) is 9.13 Å². The first-order valence-electron chi connectivity index (χ1n) is 13.4. The van der Waals surface area contributed by atoms with E-state index in [1.54, 1.807) is 25.5 Å². The van der Waals surface area contributed by atoms with Gasteiger partial charge in [0.05, 0.1) is 35.6 Å². The minimum atomic E-state index is -0.690. The topological polar surface area (TPSA) is 78.1 Å². The average molecular weight is 571 g/mol. The minimum absolute atomic E-state index is 0.212. The fourth-order valence-electron chi connectivity index (χ4n) is 5.29. The number of fused-ring (bicyclic) bond motifs is 1. The highest BCUT2D eigenvalue weighted by atomic mass is 32.1. The van der Waals surface area contributed by atoms with E-state index < -0.39 is 12.0 Å². The van der Waals surface area contributed by atoms with Gasteiger partial charge in [-0.15, -0.1) is 0 Å². The summed E-state index contributed by atoms with van der Waals surface area (Å²) in [6.45, 7) is 7.88. The van der Waals surface area contributed by atoms with Crippen molar-refractivity contribution in [2.45, 2.75) is 33.7 Å². The first kappa shape index (κ1) is 28.2. The van der Waals surface area contributed by atoms with E-state index in [4.69, 9.17) is 9.47 Å². The molecule has 3 heterocycles. The number of esters is 1. The van der Waals surface area contributed by atoms with Crippen molar-refractivity contribution < 1.29 is 14.3 Å². The molecule has 0 bridgehead atoms. The molecule has 0 amide bonds. The zero-order valence-corrected chi connectivity index (χ0v) is 25.2. The molecule has 0 radical (unpaired) electrons. The van der Waals surface area contributed by atoms with Crippen molar-refractivity contribution in [2.24, 2.45) is 4.99 Å². The molecule has 2 aromatic carbocycles. The summed E-state index contributed by atoms with van der Waals surface area (Å²) in [5.74, 6) is 0.147. The number of carbonyl (C=O) groups is 1. The standard InChI is InChI=1S/C32H34N4O4S/c1-8-40-31(38)28-20(3)33-32-36(29(28)22-10-9-11-26(17-22)39-7)30(37)27(41-32)18-23-16-19(2)35(21(23)4)25-14-12-24(13-15-25)34(5)6/h9-18,29H,8H2,1-7H3/b27-18+/t29-/m0/s1. The summed E-state index contributed by atoms with van der Waals surface area (Å²) in [6.07, 6.45) is 1.92. The predicted molar refractivity (Wildman–Crippen MR) is 163 cm³/mol. The molecule has 212 valence electrons. The molecule has 0 N–H and O–H groups in total. The number of hydrogen-bond donors (Lipinski definition) is 0. The maximum absolute atomic E-state index is 14.0. The number of thiazole rings is 1. The van der Waals surface area contributed by atoms with Crippen LogP contribution in [0.5, 0.6) is 5.75 Å². The molecule has 9 heteroatoms. The number of nitrogens with zero attached hydrogens (tertiary/aromatic N) is 4. The number of ether oxygens (including phenoxy) is 2. The van der Waals surface area contributed by atoms with Crippen LogP contribution < -0.4 is 24.5 Å². The van der Waals surface area contributed by atoms with Crippen LogP contribution in [-0.2, 0) is 9.53 Å². The Bertz CT molecular complexity index is 1840. The van der Waals surface area contributed by atoms with Gasteiger partial charge in [-0.05, 0) is 87.4 Å². The maximum Gasteiger partial charge on any atom is 0.338 e. The molecule has 4 aromatic rings. The van der Waals surface area contributed by atoms with E-state index in [-0.39, 0.29) is 12.2 Å². The molecule has 0 fully saturated rings. The summed E-state index contributed by atoms with van der Waals surface area (Å²) >= 11 is 1.32. The Morgan fingerprint density at radius 3 is 2.49 bits per heavy atom.